The van der Waals surface area contributed by atoms with Crippen molar-refractivity contribution in [3.63, 3.8) is 0 Å². The molecule has 0 spiro atoms. The topological polar surface area (TPSA) is 91.7 Å². The molecule has 6 heteroatoms. The first-order valence-corrected chi connectivity index (χ1v) is 9.21. The van der Waals surface area contributed by atoms with E-state index in [1.54, 1.807) is 12.1 Å². The van der Waals surface area contributed by atoms with Gasteiger partial charge in [0.2, 0.25) is 0 Å². The Morgan fingerprint density at radius 1 is 1.04 bits per heavy atom. The van der Waals surface area contributed by atoms with Crippen LogP contribution in [0.4, 0.5) is 0 Å². The predicted octanol–water partition coefficient (Wildman–Crippen LogP) is 2.52. The lowest BCUT2D eigenvalue weighted by molar-refractivity contribution is -0.136. The normalized spacial score (nSPS) is 12.8. The zero-order valence-corrected chi connectivity index (χ0v) is 14.2. The molecular weight excluding hydrogens is 328 g/mol. The van der Waals surface area contributed by atoms with E-state index in [1.807, 2.05) is 31.2 Å². The van der Waals surface area contributed by atoms with Gasteiger partial charge in [-0.15, -0.1) is 0 Å². The molecule has 1 unspecified atom stereocenters. The molecule has 5 nitrogen and oxygen atoms in total. The molecule has 0 radical (unpaired) electrons. The van der Waals surface area contributed by atoms with Crippen LogP contribution in [0.5, 0.6) is 0 Å². The quantitative estimate of drug-likeness (QED) is 0.802. The van der Waals surface area contributed by atoms with Crippen LogP contribution in [0, 0.1) is 6.92 Å². The zero-order valence-electron chi connectivity index (χ0n) is 13.3. The molecule has 0 aliphatic heterocycles. The fourth-order valence-electron chi connectivity index (χ4n) is 2.30. The molecule has 0 saturated heterocycles. The molecule has 24 heavy (non-hydrogen) atoms. The molecular formula is C18H20O5S. The van der Waals surface area contributed by atoms with Crippen molar-refractivity contribution in [2.45, 2.75) is 30.8 Å². The van der Waals surface area contributed by atoms with Gasteiger partial charge in [0.15, 0.2) is 9.84 Å². The summed E-state index contributed by atoms with van der Waals surface area (Å²) in [7, 11) is -3.60. The van der Waals surface area contributed by atoms with Gasteiger partial charge in [-0.3, -0.25) is 4.79 Å². The third kappa shape index (κ3) is 4.91. The Morgan fingerprint density at radius 3 is 2.17 bits per heavy atom. The number of carbonyl (C=O) groups is 1. The number of aliphatic hydroxyl groups is 1. The van der Waals surface area contributed by atoms with Gasteiger partial charge in [0.1, 0.15) is 0 Å². The number of sulfone groups is 1. The second-order valence-electron chi connectivity index (χ2n) is 5.74. The lowest BCUT2D eigenvalue weighted by atomic mass is 10.0. The summed E-state index contributed by atoms with van der Waals surface area (Å²) < 4.78 is 24.0. The molecule has 0 aliphatic rings. The van der Waals surface area contributed by atoms with Crippen LogP contribution in [0.1, 0.15) is 29.2 Å². The summed E-state index contributed by atoms with van der Waals surface area (Å²) >= 11 is 0. The predicted molar refractivity (Wildman–Crippen MR) is 90.6 cm³/mol. The Labute approximate surface area is 141 Å². The van der Waals surface area contributed by atoms with Crippen molar-refractivity contribution < 1.29 is 23.4 Å². The second-order valence-corrected chi connectivity index (χ2v) is 7.85. The highest BCUT2D eigenvalue weighted by atomic mass is 32.2. The van der Waals surface area contributed by atoms with Gasteiger partial charge >= 0.3 is 5.97 Å². The molecule has 2 aromatic rings. The summed E-state index contributed by atoms with van der Waals surface area (Å²) in [6, 6.07) is 13.8. The molecule has 0 saturated carbocycles. The van der Waals surface area contributed by atoms with Crippen molar-refractivity contribution in [3.05, 3.63) is 65.2 Å². The number of benzene rings is 2. The van der Waals surface area contributed by atoms with E-state index in [1.165, 1.54) is 12.1 Å². The summed E-state index contributed by atoms with van der Waals surface area (Å²) in [5.41, 5.74) is 2.72. The van der Waals surface area contributed by atoms with Crippen LogP contribution < -0.4 is 0 Å². The van der Waals surface area contributed by atoms with Crippen LogP contribution >= 0.6 is 0 Å². The van der Waals surface area contributed by atoms with Gasteiger partial charge in [0, 0.05) is 6.42 Å². The summed E-state index contributed by atoms with van der Waals surface area (Å²) in [5.74, 6) is -1.57. The van der Waals surface area contributed by atoms with Gasteiger partial charge in [0.05, 0.1) is 23.2 Å². The van der Waals surface area contributed by atoms with Gasteiger partial charge < -0.3 is 10.2 Å². The minimum absolute atomic E-state index is 0.0947. The summed E-state index contributed by atoms with van der Waals surface area (Å²) in [6.45, 7) is 1.97. The van der Waals surface area contributed by atoms with Crippen LogP contribution in [0.2, 0.25) is 0 Å². The number of aryl methyl sites for hydroxylation is 1. The lowest BCUT2D eigenvalue weighted by Gasteiger charge is -2.12. The van der Waals surface area contributed by atoms with E-state index in [-0.39, 0.29) is 4.90 Å². The number of carboxylic acid groups (broad SMARTS) is 1. The highest BCUT2D eigenvalue weighted by molar-refractivity contribution is 7.91. The van der Waals surface area contributed by atoms with Crippen molar-refractivity contribution in [1.82, 2.24) is 0 Å². The SMILES string of the molecule is Cc1ccc(C(O)Cc2ccc(S(=O)(=O)CCC(=O)O)cc2)cc1. The Morgan fingerprint density at radius 2 is 1.62 bits per heavy atom. The molecule has 2 aromatic carbocycles. The maximum atomic E-state index is 12.0. The van der Waals surface area contributed by atoms with E-state index in [0.717, 1.165) is 16.7 Å². The third-order valence-electron chi connectivity index (χ3n) is 3.76. The maximum Gasteiger partial charge on any atom is 0.304 e. The first-order chi connectivity index (χ1) is 11.3. The molecule has 0 aliphatic carbocycles. The smallest absolute Gasteiger partial charge is 0.304 e. The number of hydrogen-bond acceptors (Lipinski definition) is 4. The highest BCUT2D eigenvalue weighted by Crippen LogP contribution is 2.20. The Kier molecular flexibility index (Phi) is 5.75. The number of aliphatic carboxylic acids is 1. The number of aliphatic hydroxyl groups excluding tert-OH is 1. The molecule has 0 amide bonds. The number of hydrogen-bond donors (Lipinski definition) is 2. The fraction of sp³-hybridized carbons (Fsp3) is 0.278. The zero-order chi connectivity index (χ0) is 17.7. The average Bonchev–Trinajstić information content (AvgIpc) is 2.54. The Balaban J connectivity index is 2.06. The van der Waals surface area contributed by atoms with E-state index in [9.17, 15) is 18.3 Å². The van der Waals surface area contributed by atoms with E-state index < -0.39 is 34.1 Å². The minimum atomic E-state index is -3.60. The van der Waals surface area contributed by atoms with Gasteiger partial charge in [0.25, 0.3) is 0 Å². The lowest BCUT2D eigenvalue weighted by Crippen LogP contribution is -2.11. The van der Waals surface area contributed by atoms with Crippen molar-refractivity contribution in [2.75, 3.05) is 5.75 Å². The maximum absolute atomic E-state index is 12.0. The first kappa shape index (κ1) is 18.2. The van der Waals surface area contributed by atoms with Gasteiger partial charge in [-0.25, -0.2) is 8.42 Å². The standard InChI is InChI=1S/C18H20O5S/c1-13-2-6-15(7-3-13)17(19)12-14-4-8-16(9-5-14)24(22,23)11-10-18(20)21/h2-9,17,19H,10-12H2,1H3,(H,20,21). The van der Waals surface area contributed by atoms with Crippen molar-refractivity contribution >= 4 is 15.8 Å². The third-order valence-corrected chi connectivity index (χ3v) is 5.49. The van der Waals surface area contributed by atoms with E-state index in [4.69, 9.17) is 5.11 Å². The van der Waals surface area contributed by atoms with E-state index in [2.05, 4.69) is 0 Å². The molecule has 2 N–H and O–H groups in total. The number of carboxylic acids is 1. The fourth-order valence-corrected chi connectivity index (χ4v) is 3.53. The van der Waals surface area contributed by atoms with Gasteiger partial charge in [-0.05, 0) is 30.2 Å². The Hall–Kier alpha value is -2.18. The number of rotatable bonds is 7. The molecule has 0 fully saturated rings. The molecule has 0 heterocycles. The summed E-state index contributed by atoms with van der Waals surface area (Å²) in [6.07, 6.45) is -0.713. The van der Waals surface area contributed by atoms with Gasteiger partial charge in [-0.1, -0.05) is 42.0 Å². The molecule has 0 bridgehead atoms. The largest absolute Gasteiger partial charge is 0.481 e. The molecule has 1 atom stereocenters. The first-order valence-electron chi connectivity index (χ1n) is 7.56. The second kappa shape index (κ2) is 7.59. The van der Waals surface area contributed by atoms with Crippen LogP contribution in [0.3, 0.4) is 0 Å². The summed E-state index contributed by atoms with van der Waals surface area (Å²) in [5, 5.41) is 18.9. The minimum Gasteiger partial charge on any atom is -0.481 e. The Bertz CT molecular complexity index is 792. The molecule has 2 rings (SSSR count). The monoisotopic (exact) mass is 348 g/mol. The van der Waals surface area contributed by atoms with Crippen LogP contribution in [-0.4, -0.2) is 30.4 Å². The molecule has 0 aromatic heterocycles. The van der Waals surface area contributed by atoms with Crippen LogP contribution in [-0.2, 0) is 21.1 Å². The van der Waals surface area contributed by atoms with E-state index >= 15 is 0 Å². The van der Waals surface area contributed by atoms with Crippen molar-refractivity contribution in [3.8, 4) is 0 Å². The molecule has 128 valence electrons. The van der Waals surface area contributed by atoms with Crippen LogP contribution in [0.25, 0.3) is 0 Å². The average molecular weight is 348 g/mol. The van der Waals surface area contributed by atoms with Crippen LogP contribution in [0.15, 0.2) is 53.4 Å². The highest BCUT2D eigenvalue weighted by Gasteiger charge is 2.16. The van der Waals surface area contributed by atoms with Gasteiger partial charge in [-0.2, -0.15) is 0 Å². The summed E-state index contributed by atoms with van der Waals surface area (Å²) in [4.78, 5) is 10.6. The van der Waals surface area contributed by atoms with E-state index in [0.29, 0.717) is 6.42 Å². The van der Waals surface area contributed by atoms with Crippen molar-refractivity contribution in [1.29, 1.82) is 0 Å². The van der Waals surface area contributed by atoms with Crippen molar-refractivity contribution in [2.24, 2.45) is 0 Å².